The first-order valence-corrected chi connectivity index (χ1v) is 8.14. The number of rotatable bonds is 7. The minimum Gasteiger partial charge on any atom is -0.484 e. The monoisotopic (exact) mass is 326 g/mol. The summed E-state index contributed by atoms with van der Waals surface area (Å²) in [5, 5.41) is 3.06. The maximum absolute atomic E-state index is 12.3. The minimum absolute atomic E-state index is 0.0135. The largest absolute Gasteiger partial charge is 0.484 e. The van der Waals surface area contributed by atoms with Gasteiger partial charge in [-0.1, -0.05) is 36.4 Å². The van der Waals surface area contributed by atoms with Crippen molar-refractivity contribution in [2.75, 3.05) is 27.2 Å². The summed E-state index contributed by atoms with van der Waals surface area (Å²) in [6.07, 6.45) is 0. The lowest BCUT2D eigenvalue weighted by Gasteiger charge is -2.23. The average Bonchev–Trinajstić information content (AvgIpc) is 2.52. The second-order valence-electron chi connectivity index (χ2n) is 6.41. The van der Waals surface area contributed by atoms with Crippen molar-refractivity contribution in [3.8, 4) is 5.75 Å². The molecule has 4 nitrogen and oxygen atoms in total. The number of likely N-dealkylation sites (N-methyl/N-ethyl adjacent to an activating group) is 1. The van der Waals surface area contributed by atoms with Crippen LogP contribution in [0, 0.1) is 13.8 Å². The molecular formula is C20H26N2O2. The van der Waals surface area contributed by atoms with Gasteiger partial charge < -0.3 is 15.0 Å². The van der Waals surface area contributed by atoms with Crippen molar-refractivity contribution in [2.24, 2.45) is 0 Å². The van der Waals surface area contributed by atoms with E-state index < -0.39 is 0 Å². The Morgan fingerprint density at radius 3 is 2.29 bits per heavy atom. The minimum atomic E-state index is -0.120. The van der Waals surface area contributed by atoms with Crippen LogP contribution in [0.2, 0.25) is 0 Å². The van der Waals surface area contributed by atoms with E-state index in [1.54, 1.807) is 0 Å². The molecule has 0 bridgehead atoms. The number of carbonyl (C=O) groups excluding carboxylic acids is 1. The highest BCUT2D eigenvalue weighted by Gasteiger charge is 2.15. The van der Waals surface area contributed by atoms with Crippen LogP contribution in [0.5, 0.6) is 5.75 Å². The van der Waals surface area contributed by atoms with Crippen LogP contribution in [0.3, 0.4) is 0 Å². The number of aryl methyl sites for hydroxylation is 2. The Morgan fingerprint density at radius 2 is 1.71 bits per heavy atom. The molecule has 0 aliphatic rings. The molecule has 0 aliphatic heterocycles. The van der Waals surface area contributed by atoms with Crippen LogP contribution in [-0.2, 0) is 4.79 Å². The molecular weight excluding hydrogens is 300 g/mol. The van der Waals surface area contributed by atoms with Crippen LogP contribution in [0.4, 0.5) is 0 Å². The maximum atomic E-state index is 12.3. The van der Waals surface area contributed by atoms with Crippen molar-refractivity contribution in [2.45, 2.75) is 19.9 Å². The molecule has 1 atom stereocenters. The van der Waals surface area contributed by atoms with Gasteiger partial charge in [-0.3, -0.25) is 4.79 Å². The van der Waals surface area contributed by atoms with Crippen LogP contribution >= 0.6 is 0 Å². The summed E-state index contributed by atoms with van der Waals surface area (Å²) in [6.45, 7) is 4.78. The lowest BCUT2D eigenvalue weighted by Crippen LogP contribution is -2.37. The Labute approximate surface area is 144 Å². The quantitative estimate of drug-likeness (QED) is 0.850. The lowest BCUT2D eigenvalue weighted by atomic mass is 10.1. The van der Waals surface area contributed by atoms with Gasteiger partial charge in [0.05, 0.1) is 6.04 Å². The van der Waals surface area contributed by atoms with E-state index in [4.69, 9.17) is 4.74 Å². The van der Waals surface area contributed by atoms with Gasteiger partial charge >= 0.3 is 0 Å². The van der Waals surface area contributed by atoms with Crippen molar-refractivity contribution >= 4 is 5.91 Å². The number of carbonyl (C=O) groups is 1. The molecule has 24 heavy (non-hydrogen) atoms. The van der Waals surface area contributed by atoms with E-state index >= 15 is 0 Å². The zero-order valence-corrected chi connectivity index (χ0v) is 14.9. The fourth-order valence-corrected chi connectivity index (χ4v) is 2.69. The summed E-state index contributed by atoms with van der Waals surface area (Å²) < 4.78 is 5.65. The van der Waals surface area contributed by atoms with Crippen molar-refractivity contribution < 1.29 is 9.53 Å². The first-order chi connectivity index (χ1) is 11.4. The van der Waals surface area contributed by atoms with Crippen LogP contribution < -0.4 is 10.1 Å². The molecule has 0 saturated heterocycles. The number of hydrogen-bond donors (Lipinski definition) is 1. The summed E-state index contributed by atoms with van der Waals surface area (Å²) in [6, 6.07) is 15.9. The Kier molecular flexibility index (Phi) is 6.38. The smallest absolute Gasteiger partial charge is 0.258 e. The fourth-order valence-electron chi connectivity index (χ4n) is 2.69. The van der Waals surface area contributed by atoms with E-state index in [9.17, 15) is 4.79 Å². The van der Waals surface area contributed by atoms with E-state index in [0.29, 0.717) is 0 Å². The van der Waals surface area contributed by atoms with Crippen LogP contribution in [0.1, 0.15) is 22.7 Å². The van der Waals surface area contributed by atoms with E-state index in [1.807, 2.05) is 70.4 Å². The molecule has 1 amide bonds. The van der Waals surface area contributed by atoms with Gasteiger partial charge in [0.2, 0.25) is 0 Å². The highest BCUT2D eigenvalue weighted by molar-refractivity contribution is 5.78. The molecule has 0 aliphatic carbocycles. The van der Waals surface area contributed by atoms with Gasteiger partial charge in [0.25, 0.3) is 5.91 Å². The van der Waals surface area contributed by atoms with Gasteiger partial charge in [-0.15, -0.1) is 0 Å². The first-order valence-electron chi connectivity index (χ1n) is 8.14. The van der Waals surface area contributed by atoms with E-state index in [0.717, 1.165) is 29.0 Å². The van der Waals surface area contributed by atoms with Gasteiger partial charge in [0, 0.05) is 6.54 Å². The van der Waals surface area contributed by atoms with Crippen LogP contribution in [0.25, 0.3) is 0 Å². The molecule has 0 spiro atoms. The fraction of sp³-hybridized carbons (Fsp3) is 0.350. The van der Waals surface area contributed by atoms with E-state index in [1.165, 1.54) is 0 Å². The predicted molar refractivity (Wildman–Crippen MR) is 97.3 cm³/mol. The lowest BCUT2D eigenvalue weighted by molar-refractivity contribution is -0.124. The number of benzene rings is 2. The normalized spacial score (nSPS) is 12.0. The summed E-state index contributed by atoms with van der Waals surface area (Å²) in [5.41, 5.74) is 3.34. The molecule has 0 radical (unpaired) electrons. The van der Waals surface area contributed by atoms with E-state index in [-0.39, 0.29) is 18.6 Å². The standard InChI is InChI=1S/C20H26N2O2/c1-15-10-16(2)12-18(11-15)24-14-20(23)21-19(13-22(3)4)17-8-6-5-7-9-17/h5-12,19H,13-14H2,1-4H3,(H,21,23)/t19-/m1/s1. The third-order valence-electron chi connectivity index (χ3n) is 3.65. The van der Waals surface area contributed by atoms with Gasteiger partial charge in [-0.25, -0.2) is 0 Å². The summed E-state index contributed by atoms with van der Waals surface area (Å²) in [5.74, 6) is 0.608. The maximum Gasteiger partial charge on any atom is 0.258 e. The van der Waals surface area contributed by atoms with Crippen molar-refractivity contribution in [3.05, 3.63) is 65.2 Å². The van der Waals surface area contributed by atoms with Gasteiger partial charge in [0.15, 0.2) is 6.61 Å². The number of hydrogen-bond acceptors (Lipinski definition) is 3. The number of ether oxygens (including phenoxy) is 1. The number of amides is 1. The molecule has 2 aromatic carbocycles. The summed E-state index contributed by atoms with van der Waals surface area (Å²) in [7, 11) is 3.99. The molecule has 2 rings (SSSR count). The summed E-state index contributed by atoms with van der Waals surface area (Å²) in [4.78, 5) is 14.4. The molecule has 0 fully saturated rings. The Balaban J connectivity index is 1.97. The van der Waals surface area contributed by atoms with Crippen molar-refractivity contribution in [1.82, 2.24) is 10.2 Å². The average molecular weight is 326 g/mol. The number of nitrogens with one attached hydrogen (secondary N) is 1. The third kappa shape index (κ3) is 5.70. The topological polar surface area (TPSA) is 41.6 Å². The first kappa shape index (κ1) is 18.0. The highest BCUT2D eigenvalue weighted by Crippen LogP contribution is 2.17. The number of nitrogens with zero attached hydrogens (tertiary/aromatic N) is 1. The predicted octanol–water partition coefficient (Wildman–Crippen LogP) is 3.10. The third-order valence-corrected chi connectivity index (χ3v) is 3.65. The SMILES string of the molecule is Cc1cc(C)cc(OCC(=O)N[C@H](CN(C)C)c2ccccc2)c1. The van der Waals surface area contributed by atoms with Gasteiger partial charge in [-0.05, 0) is 56.8 Å². The molecule has 0 heterocycles. The molecule has 0 aromatic heterocycles. The molecule has 128 valence electrons. The molecule has 0 unspecified atom stereocenters. The molecule has 0 saturated carbocycles. The molecule has 1 N–H and O–H groups in total. The highest BCUT2D eigenvalue weighted by atomic mass is 16.5. The Morgan fingerprint density at radius 1 is 1.08 bits per heavy atom. The van der Waals surface area contributed by atoms with Gasteiger partial charge in [0.1, 0.15) is 5.75 Å². The van der Waals surface area contributed by atoms with E-state index in [2.05, 4.69) is 16.3 Å². The van der Waals surface area contributed by atoms with Crippen LogP contribution in [-0.4, -0.2) is 38.1 Å². The Hall–Kier alpha value is -2.33. The van der Waals surface area contributed by atoms with Gasteiger partial charge in [-0.2, -0.15) is 0 Å². The second kappa shape index (κ2) is 8.50. The summed E-state index contributed by atoms with van der Waals surface area (Å²) >= 11 is 0. The van der Waals surface area contributed by atoms with Crippen molar-refractivity contribution in [1.29, 1.82) is 0 Å². The van der Waals surface area contributed by atoms with Crippen LogP contribution in [0.15, 0.2) is 48.5 Å². The zero-order valence-electron chi connectivity index (χ0n) is 14.9. The zero-order chi connectivity index (χ0) is 17.5. The molecule has 4 heteroatoms. The Bertz CT molecular complexity index is 648. The molecule has 2 aromatic rings. The second-order valence-corrected chi connectivity index (χ2v) is 6.41. The van der Waals surface area contributed by atoms with Crippen molar-refractivity contribution in [3.63, 3.8) is 0 Å².